The number of ether oxygens (including phenoxy) is 2. The molecule has 1 unspecified atom stereocenters. The summed E-state index contributed by atoms with van der Waals surface area (Å²) >= 11 is -8.53. The van der Waals surface area contributed by atoms with Gasteiger partial charge in [0.15, 0.2) is 0 Å². The predicted octanol–water partition coefficient (Wildman–Crippen LogP) is 8.00. The molecule has 1 saturated heterocycles. The Morgan fingerprint density at radius 1 is 0.551 bits per heavy atom. The zero-order valence-corrected chi connectivity index (χ0v) is 49.0. The van der Waals surface area contributed by atoms with Crippen molar-refractivity contribution in [1.29, 1.82) is 0 Å². The van der Waals surface area contributed by atoms with E-state index in [1.165, 1.54) is 7.11 Å². The molecule has 0 saturated carbocycles. The number of hydrogen-bond acceptors (Lipinski definition) is 10. The zero-order valence-electron chi connectivity index (χ0n) is 36.8. The molecule has 0 N–H and O–H groups in total. The van der Waals surface area contributed by atoms with Crippen LogP contribution in [0.25, 0.3) is 0 Å². The molecule has 2 rings (SSSR count). The maximum absolute atomic E-state index is 14.4. The van der Waals surface area contributed by atoms with Crippen LogP contribution in [0.3, 0.4) is 0 Å². The van der Waals surface area contributed by atoms with Crippen LogP contribution in [0.4, 0.5) is 0 Å². The molecule has 1 fully saturated rings. The Labute approximate surface area is 318 Å². The van der Waals surface area contributed by atoms with Crippen LogP contribution in [-0.4, -0.2) is 142 Å². The van der Waals surface area contributed by atoms with E-state index in [1.54, 1.807) is 7.11 Å². The Bertz CT molecular complexity index is 1170. The summed E-state index contributed by atoms with van der Waals surface area (Å²) < 4.78 is 42.1. The molecular weight excluding hydrogens is 866 g/mol. The van der Waals surface area contributed by atoms with Crippen LogP contribution in [0.5, 0.6) is 0 Å². The number of methoxy groups -OCH3 is 2. The zero-order chi connectivity index (χ0) is 39.4. The molecule has 2 heterocycles. The molecule has 49 heavy (non-hydrogen) atoms. The van der Waals surface area contributed by atoms with Crippen LogP contribution in [0.15, 0.2) is 3.95 Å². The van der Waals surface area contributed by atoms with Gasteiger partial charge < -0.3 is 0 Å². The molecule has 10 nitrogen and oxygen atoms in total. The molecule has 0 aromatic rings. The summed E-state index contributed by atoms with van der Waals surface area (Å²) in [6.07, 6.45) is 0. The van der Waals surface area contributed by atoms with E-state index < -0.39 is 106 Å². The monoisotopic (exact) mass is 946 g/mol. The van der Waals surface area contributed by atoms with Crippen LogP contribution in [0, 0.1) is 0 Å². The summed E-state index contributed by atoms with van der Waals surface area (Å²) in [4.78, 5) is 14.4. The molecule has 0 radical (unpaired) electrons. The van der Waals surface area contributed by atoms with Crippen LogP contribution in [0.1, 0.15) is 0 Å². The Morgan fingerprint density at radius 3 is 1.02 bits per heavy atom. The van der Waals surface area contributed by atoms with Gasteiger partial charge in [-0.05, 0) is 0 Å². The maximum atomic E-state index is 14.4. The summed E-state index contributed by atoms with van der Waals surface area (Å²) in [5.74, 6) is -1.77. The summed E-state index contributed by atoms with van der Waals surface area (Å²) in [5.41, 5.74) is 0.360. The van der Waals surface area contributed by atoms with Crippen molar-refractivity contribution in [3.05, 3.63) is 0 Å². The molecule has 1 atom stereocenters. The first kappa shape index (κ1) is 46.8. The Morgan fingerprint density at radius 2 is 0.816 bits per heavy atom. The van der Waals surface area contributed by atoms with Crippen molar-refractivity contribution in [3.8, 4) is 0 Å². The number of rotatable bonds is 14. The molecule has 0 spiro atoms. The van der Waals surface area contributed by atoms with E-state index in [0.29, 0.717) is 5.71 Å². The number of carbonyl (C=O) groups is 1. The Balaban J connectivity index is 3.72. The van der Waals surface area contributed by atoms with Crippen molar-refractivity contribution >= 4 is 106 Å². The van der Waals surface area contributed by atoms with Crippen molar-refractivity contribution in [2.24, 2.45) is 3.95 Å². The van der Waals surface area contributed by atoms with Gasteiger partial charge in [-0.2, -0.15) is 0 Å². The Hall–Kier alpha value is 1.68. The fourth-order valence-corrected chi connectivity index (χ4v) is 137. The summed E-state index contributed by atoms with van der Waals surface area (Å²) in [6.45, 7) is 60.8. The fourth-order valence-electron chi connectivity index (χ4n) is 10.1. The third-order valence-corrected chi connectivity index (χ3v) is 99.2. The second kappa shape index (κ2) is 13.7. The van der Waals surface area contributed by atoms with Crippen LogP contribution in [0.2, 0.25) is 157 Å². The molecule has 288 valence electrons. The molecule has 0 bridgehead atoms. The van der Waals surface area contributed by atoms with E-state index in [4.69, 9.17) is 17.2 Å². The van der Waals surface area contributed by atoms with E-state index in [9.17, 15) is 4.79 Å². The standard InChI is InChI=1S/C29H78Ge2N6O4Si8/c1-39-28(38)27-29(40-2)33(30(32-27,34(42(3,4)5)43(6,7)8)35(44(9,10)11)45(12,13)14)31(41-29,36(46(15,16)17)47(18,19)20)37(48(21,22)23)49(24,25)26/h1-26H3. The first-order chi connectivity index (χ1) is 21.2. The average Bonchev–Trinajstić information content (AvgIpc) is 2.95. The summed E-state index contributed by atoms with van der Waals surface area (Å²) in [7, 11) is -13.7. The first-order valence-corrected chi connectivity index (χ1v) is 53.1. The van der Waals surface area contributed by atoms with E-state index in [0.717, 1.165) is 0 Å². The van der Waals surface area contributed by atoms with Crippen molar-refractivity contribution in [2.75, 3.05) is 14.2 Å². The molecule has 20 heteroatoms. The molecule has 0 aromatic heterocycles. The third-order valence-electron chi connectivity index (χ3n) is 8.93. The SMILES string of the molecule is COC(=O)C1=[N][Ge]([N]([Si](C)(C)C)[Si](C)(C)C)([N]([Si](C)(C)C)[Si](C)(C)C)[N]2C1(OC)[O][Ge]2([N]([Si](C)(C)C)[Si](C)(C)C)[N]([Si](C)(C)C)[Si](C)(C)C. The number of hydrogen-bond donors (Lipinski definition) is 0. The van der Waals surface area contributed by atoms with Crippen LogP contribution < -0.4 is 0 Å². The van der Waals surface area contributed by atoms with Gasteiger partial charge in [0.25, 0.3) is 0 Å². The average molecular weight is 945 g/mol. The van der Waals surface area contributed by atoms with Gasteiger partial charge in [-0.3, -0.25) is 0 Å². The second-order valence-electron chi connectivity index (χ2n) is 22.1. The fraction of sp³-hybridized carbons (Fsp3) is 0.931. The predicted molar refractivity (Wildman–Crippen MR) is 238 cm³/mol. The first-order valence-electron chi connectivity index (χ1n) is 18.1. The van der Waals surface area contributed by atoms with Crippen LogP contribution in [-0.2, 0) is 18.0 Å². The quantitative estimate of drug-likeness (QED) is 0.127. The van der Waals surface area contributed by atoms with Gasteiger partial charge in [-0.1, -0.05) is 0 Å². The van der Waals surface area contributed by atoms with Gasteiger partial charge in [0.2, 0.25) is 0 Å². The molecule has 0 aliphatic carbocycles. The molecule has 2 aliphatic heterocycles. The molecular formula is C29H78Ge2N6O4Si8. The normalized spacial score (nSPS) is 22.9. The van der Waals surface area contributed by atoms with Crippen molar-refractivity contribution in [1.82, 2.24) is 15.6 Å². The number of esters is 1. The summed E-state index contributed by atoms with van der Waals surface area (Å²) in [5, 5.41) is 0. The van der Waals surface area contributed by atoms with Crippen molar-refractivity contribution in [3.63, 3.8) is 0 Å². The number of nitrogens with zero attached hydrogens (tertiary/aromatic N) is 6. The second-order valence-corrected chi connectivity index (χ2v) is 83.1. The molecule has 2 aliphatic rings. The van der Waals surface area contributed by atoms with E-state index in [1.807, 2.05) is 0 Å². The molecule has 0 aromatic carbocycles. The van der Waals surface area contributed by atoms with Gasteiger partial charge in [0.1, 0.15) is 0 Å². The van der Waals surface area contributed by atoms with Crippen molar-refractivity contribution < 1.29 is 18.0 Å². The summed E-state index contributed by atoms with van der Waals surface area (Å²) in [6, 6.07) is 0. The van der Waals surface area contributed by atoms with Gasteiger partial charge in [0.05, 0.1) is 0 Å². The number of fused-ring (bicyclic) bond motifs is 1. The van der Waals surface area contributed by atoms with Gasteiger partial charge in [-0.15, -0.1) is 0 Å². The van der Waals surface area contributed by atoms with Gasteiger partial charge in [0, 0.05) is 0 Å². The number of carbonyl (C=O) groups excluding carboxylic acids is 1. The topological polar surface area (TPSA) is 73.3 Å². The van der Waals surface area contributed by atoms with E-state index in [-0.39, 0.29) is 0 Å². The minimum atomic E-state index is -4.32. The van der Waals surface area contributed by atoms with Gasteiger partial charge >= 0.3 is 321 Å². The van der Waals surface area contributed by atoms with E-state index >= 15 is 0 Å². The minimum absolute atomic E-state index is 0.360. The van der Waals surface area contributed by atoms with E-state index in [2.05, 4.69) is 173 Å². The third kappa shape index (κ3) is 8.16. The van der Waals surface area contributed by atoms with Crippen LogP contribution >= 0.6 is 0 Å². The van der Waals surface area contributed by atoms with Gasteiger partial charge in [-0.25, -0.2) is 0 Å². The van der Waals surface area contributed by atoms with Crippen molar-refractivity contribution in [2.45, 2.75) is 163 Å². The molecule has 0 amide bonds. The Kier molecular flexibility index (Phi) is 13.1.